The first kappa shape index (κ1) is 18.8. The lowest BCUT2D eigenvalue weighted by Gasteiger charge is -2.22. The Hall–Kier alpha value is -2.58. The van der Waals surface area contributed by atoms with Crippen LogP contribution in [0.3, 0.4) is 0 Å². The number of amides is 1. The first-order valence-electron chi connectivity index (χ1n) is 8.71. The zero-order valence-electron chi connectivity index (χ0n) is 15.1. The third-order valence-electron chi connectivity index (χ3n) is 4.83. The fourth-order valence-electron chi connectivity index (χ4n) is 3.32. The summed E-state index contributed by atoms with van der Waals surface area (Å²) in [5.74, 6) is 0.299. The van der Waals surface area contributed by atoms with Crippen LogP contribution in [-0.4, -0.2) is 53.6 Å². The molecule has 1 aliphatic rings. The number of rotatable bonds is 4. The van der Waals surface area contributed by atoms with Crippen molar-refractivity contribution in [3.63, 3.8) is 0 Å². The molecule has 2 aromatic heterocycles. The van der Waals surface area contributed by atoms with Gasteiger partial charge in [-0.05, 0) is 36.8 Å². The molecule has 146 valence electrons. The number of nitrogens with zero attached hydrogens (tertiary/aromatic N) is 3. The van der Waals surface area contributed by atoms with Crippen LogP contribution in [0.4, 0.5) is 0 Å². The van der Waals surface area contributed by atoms with Gasteiger partial charge in [0.15, 0.2) is 21.3 Å². The van der Waals surface area contributed by atoms with Crippen molar-refractivity contribution in [1.29, 1.82) is 0 Å². The highest BCUT2D eigenvalue weighted by atomic mass is 35.5. The van der Waals surface area contributed by atoms with E-state index < -0.39 is 9.84 Å². The second-order valence-corrected chi connectivity index (χ2v) is 9.42. The van der Waals surface area contributed by atoms with Gasteiger partial charge in [-0.3, -0.25) is 4.79 Å². The molecule has 3 heterocycles. The maximum absolute atomic E-state index is 13.0. The van der Waals surface area contributed by atoms with E-state index in [0.29, 0.717) is 28.6 Å². The number of furan rings is 1. The Balaban J connectivity index is 1.72. The summed E-state index contributed by atoms with van der Waals surface area (Å²) in [4.78, 5) is 14.4. The SMILES string of the molecule is CN(C(=O)c1cc(-c2ccco2)n(-c2cccc(Cl)c2)n1)C1CCS(=O)(=O)C1. The number of carbonyl (C=O) groups is 1. The molecule has 1 fully saturated rings. The van der Waals surface area contributed by atoms with Gasteiger partial charge in [0.05, 0.1) is 23.5 Å². The predicted octanol–water partition coefficient (Wildman–Crippen LogP) is 3.04. The Morgan fingerprint density at radius 2 is 2.11 bits per heavy atom. The molecule has 1 unspecified atom stereocenters. The molecule has 1 atom stereocenters. The molecule has 3 aromatic rings. The van der Waals surface area contributed by atoms with Gasteiger partial charge < -0.3 is 9.32 Å². The maximum Gasteiger partial charge on any atom is 0.274 e. The molecule has 4 rings (SSSR count). The molecule has 1 aromatic carbocycles. The molecule has 0 N–H and O–H groups in total. The fraction of sp³-hybridized carbons (Fsp3) is 0.263. The van der Waals surface area contributed by atoms with Gasteiger partial charge in [-0.1, -0.05) is 17.7 Å². The number of halogens is 1. The first-order valence-corrected chi connectivity index (χ1v) is 10.9. The van der Waals surface area contributed by atoms with Gasteiger partial charge in [0.1, 0.15) is 5.69 Å². The van der Waals surface area contributed by atoms with Crippen molar-refractivity contribution in [2.24, 2.45) is 0 Å². The van der Waals surface area contributed by atoms with Gasteiger partial charge in [0, 0.05) is 24.2 Å². The van der Waals surface area contributed by atoms with Gasteiger partial charge in [0.25, 0.3) is 5.91 Å². The Morgan fingerprint density at radius 3 is 2.75 bits per heavy atom. The maximum atomic E-state index is 13.0. The Morgan fingerprint density at radius 1 is 1.29 bits per heavy atom. The quantitative estimate of drug-likeness (QED) is 0.648. The molecule has 0 spiro atoms. The highest BCUT2D eigenvalue weighted by molar-refractivity contribution is 7.91. The summed E-state index contributed by atoms with van der Waals surface area (Å²) in [6.07, 6.45) is 1.98. The second kappa shape index (κ2) is 7.10. The summed E-state index contributed by atoms with van der Waals surface area (Å²) in [6, 6.07) is 11.9. The molecule has 9 heteroatoms. The number of sulfone groups is 1. The van der Waals surface area contributed by atoms with E-state index in [0.717, 1.165) is 0 Å². The summed E-state index contributed by atoms with van der Waals surface area (Å²) >= 11 is 6.11. The van der Waals surface area contributed by atoms with Crippen LogP contribution >= 0.6 is 11.6 Å². The van der Waals surface area contributed by atoms with E-state index >= 15 is 0 Å². The minimum absolute atomic E-state index is 0.0186. The van der Waals surface area contributed by atoms with E-state index in [-0.39, 0.29) is 29.1 Å². The molecule has 1 saturated heterocycles. The zero-order valence-corrected chi connectivity index (χ0v) is 16.7. The minimum atomic E-state index is -3.09. The standard InChI is InChI=1S/C19H18ClN3O4S/c1-22(15-7-9-28(25,26)12-15)19(24)16-11-17(18-6-3-8-27-18)23(21-16)14-5-2-4-13(20)10-14/h2-6,8,10-11,15H,7,9,12H2,1H3. The van der Waals surface area contributed by atoms with E-state index in [2.05, 4.69) is 5.10 Å². The van der Waals surface area contributed by atoms with E-state index in [4.69, 9.17) is 16.0 Å². The Bertz CT molecular complexity index is 1120. The average molecular weight is 420 g/mol. The van der Waals surface area contributed by atoms with Crippen LogP contribution in [0.2, 0.25) is 5.02 Å². The number of benzene rings is 1. The van der Waals surface area contributed by atoms with Crippen LogP contribution in [0.15, 0.2) is 53.1 Å². The zero-order chi connectivity index (χ0) is 19.9. The topological polar surface area (TPSA) is 85.4 Å². The molecule has 0 bridgehead atoms. The Kier molecular flexibility index (Phi) is 4.76. The van der Waals surface area contributed by atoms with Crippen molar-refractivity contribution in [3.8, 4) is 17.1 Å². The normalized spacial score (nSPS) is 18.3. The summed E-state index contributed by atoms with van der Waals surface area (Å²) in [6.45, 7) is 0. The van der Waals surface area contributed by atoms with Gasteiger partial charge >= 0.3 is 0 Å². The lowest BCUT2D eigenvalue weighted by atomic mass is 10.2. The monoisotopic (exact) mass is 419 g/mol. The van der Waals surface area contributed by atoms with E-state index in [9.17, 15) is 13.2 Å². The molecule has 0 aliphatic carbocycles. The van der Waals surface area contributed by atoms with Gasteiger partial charge in [0.2, 0.25) is 0 Å². The molecular weight excluding hydrogens is 402 g/mol. The summed E-state index contributed by atoms with van der Waals surface area (Å²) in [5.41, 5.74) is 1.49. The van der Waals surface area contributed by atoms with Crippen molar-refractivity contribution in [1.82, 2.24) is 14.7 Å². The van der Waals surface area contributed by atoms with Crippen LogP contribution in [0.25, 0.3) is 17.1 Å². The van der Waals surface area contributed by atoms with E-state index in [1.165, 1.54) is 4.90 Å². The summed E-state index contributed by atoms with van der Waals surface area (Å²) in [7, 11) is -1.48. The molecule has 0 saturated carbocycles. The lowest BCUT2D eigenvalue weighted by molar-refractivity contribution is 0.0741. The summed E-state index contributed by atoms with van der Waals surface area (Å²) < 4.78 is 30.6. The molecular formula is C19H18ClN3O4S. The molecule has 1 aliphatic heterocycles. The number of hydrogen-bond donors (Lipinski definition) is 0. The van der Waals surface area contributed by atoms with E-state index in [1.54, 1.807) is 54.4 Å². The minimum Gasteiger partial charge on any atom is -0.463 e. The average Bonchev–Trinajstić information content (AvgIpc) is 3.39. The van der Waals surface area contributed by atoms with Crippen LogP contribution in [0.5, 0.6) is 0 Å². The number of carbonyl (C=O) groups excluding carboxylic acids is 1. The molecule has 0 radical (unpaired) electrons. The first-order chi connectivity index (χ1) is 13.3. The molecule has 7 nitrogen and oxygen atoms in total. The third kappa shape index (κ3) is 3.57. The lowest BCUT2D eigenvalue weighted by Crippen LogP contribution is -2.38. The van der Waals surface area contributed by atoms with Crippen LogP contribution < -0.4 is 0 Å². The largest absolute Gasteiger partial charge is 0.463 e. The van der Waals surface area contributed by atoms with Gasteiger partial charge in [-0.2, -0.15) is 5.10 Å². The van der Waals surface area contributed by atoms with Crippen molar-refractivity contribution in [3.05, 3.63) is 59.4 Å². The van der Waals surface area contributed by atoms with Crippen molar-refractivity contribution in [2.75, 3.05) is 18.6 Å². The van der Waals surface area contributed by atoms with Crippen LogP contribution in [-0.2, 0) is 9.84 Å². The highest BCUT2D eigenvalue weighted by Crippen LogP contribution is 2.27. The second-order valence-electron chi connectivity index (χ2n) is 6.76. The highest BCUT2D eigenvalue weighted by Gasteiger charge is 2.34. The predicted molar refractivity (Wildman–Crippen MR) is 105 cm³/mol. The molecule has 28 heavy (non-hydrogen) atoms. The van der Waals surface area contributed by atoms with E-state index in [1.807, 2.05) is 6.07 Å². The van der Waals surface area contributed by atoms with Gasteiger partial charge in [-0.15, -0.1) is 0 Å². The van der Waals surface area contributed by atoms with Crippen LogP contribution in [0.1, 0.15) is 16.9 Å². The van der Waals surface area contributed by atoms with Crippen LogP contribution in [0, 0.1) is 0 Å². The Labute approximate surface area is 167 Å². The van der Waals surface area contributed by atoms with Crippen molar-refractivity contribution >= 4 is 27.3 Å². The fourth-order valence-corrected chi connectivity index (χ4v) is 5.28. The third-order valence-corrected chi connectivity index (χ3v) is 6.82. The smallest absolute Gasteiger partial charge is 0.274 e. The summed E-state index contributed by atoms with van der Waals surface area (Å²) in [5, 5.41) is 5.00. The van der Waals surface area contributed by atoms with Crippen molar-refractivity contribution < 1.29 is 17.6 Å². The van der Waals surface area contributed by atoms with Crippen molar-refractivity contribution in [2.45, 2.75) is 12.5 Å². The molecule has 1 amide bonds. The number of aromatic nitrogens is 2. The van der Waals surface area contributed by atoms with Gasteiger partial charge in [-0.25, -0.2) is 13.1 Å². The number of hydrogen-bond acceptors (Lipinski definition) is 5.